The SMILES string of the molecule is NC1CCC(OCc2noc(C3CC3)n2)C1. The van der Waals surface area contributed by atoms with Crippen molar-refractivity contribution < 1.29 is 9.26 Å². The molecule has 0 radical (unpaired) electrons. The minimum atomic E-state index is 0.276. The molecule has 2 aliphatic carbocycles. The number of ether oxygens (including phenoxy) is 1. The standard InChI is InChI=1S/C11H17N3O2/c12-8-3-4-9(5-8)15-6-10-13-11(16-14-10)7-1-2-7/h7-9H,1-6,12H2. The molecular formula is C11H17N3O2. The molecule has 2 N–H and O–H groups in total. The summed E-state index contributed by atoms with van der Waals surface area (Å²) in [4.78, 5) is 4.32. The van der Waals surface area contributed by atoms with E-state index in [1.165, 1.54) is 12.8 Å². The van der Waals surface area contributed by atoms with E-state index in [0.29, 0.717) is 24.4 Å². The molecule has 2 atom stereocenters. The van der Waals surface area contributed by atoms with Crippen LogP contribution in [0.4, 0.5) is 0 Å². The summed E-state index contributed by atoms with van der Waals surface area (Å²) in [7, 11) is 0. The smallest absolute Gasteiger partial charge is 0.229 e. The molecule has 16 heavy (non-hydrogen) atoms. The third-order valence-electron chi connectivity index (χ3n) is 3.28. The van der Waals surface area contributed by atoms with Gasteiger partial charge in [0.2, 0.25) is 5.89 Å². The molecule has 0 spiro atoms. The fraction of sp³-hybridized carbons (Fsp3) is 0.818. The molecule has 2 saturated carbocycles. The van der Waals surface area contributed by atoms with E-state index in [1.807, 2.05) is 0 Å². The molecule has 3 rings (SSSR count). The average Bonchev–Trinajstić information content (AvgIpc) is 2.87. The number of rotatable bonds is 4. The second kappa shape index (κ2) is 4.14. The number of nitrogens with zero attached hydrogens (tertiary/aromatic N) is 2. The highest BCUT2D eigenvalue weighted by Gasteiger charge is 2.30. The van der Waals surface area contributed by atoms with Crippen molar-refractivity contribution in [2.24, 2.45) is 5.73 Å². The van der Waals surface area contributed by atoms with Crippen LogP contribution in [-0.2, 0) is 11.3 Å². The number of hydrogen-bond donors (Lipinski definition) is 1. The van der Waals surface area contributed by atoms with Crippen LogP contribution in [0.15, 0.2) is 4.52 Å². The lowest BCUT2D eigenvalue weighted by atomic mass is 10.3. The maximum Gasteiger partial charge on any atom is 0.229 e. The first kappa shape index (κ1) is 10.2. The summed E-state index contributed by atoms with van der Waals surface area (Å²) >= 11 is 0. The Labute approximate surface area is 94.3 Å². The van der Waals surface area contributed by atoms with Crippen LogP contribution in [-0.4, -0.2) is 22.3 Å². The van der Waals surface area contributed by atoms with E-state index in [0.717, 1.165) is 25.2 Å². The van der Waals surface area contributed by atoms with Crippen molar-refractivity contribution in [2.45, 2.75) is 56.8 Å². The second-order valence-corrected chi connectivity index (χ2v) is 4.83. The Morgan fingerprint density at radius 1 is 1.31 bits per heavy atom. The van der Waals surface area contributed by atoms with Gasteiger partial charge in [-0.1, -0.05) is 5.16 Å². The number of hydrogen-bond acceptors (Lipinski definition) is 5. The Balaban J connectivity index is 1.50. The van der Waals surface area contributed by atoms with E-state index >= 15 is 0 Å². The third-order valence-corrected chi connectivity index (χ3v) is 3.28. The molecule has 2 aliphatic rings. The topological polar surface area (TPSA) is 74.2 Å². The number of aromatic nitrogens is 2. The Hall–Kier alpha value is -0.940. The first-order valence-electron chi connectivity index (χ1n) is 6.01. The Morgan fingerprint density at radius 2 is 2.19 bits per heavy atom. The van der Waals surface area contributed by atoms with E-state index in [-0.39, 0.29) is 6.10 Å². The van der Waals surface area contributed by atoms with Crippen molar-refractivity contribution in [3.05, 3.63) is 11.7 Å². The van der Waals surface area contributed by atoms with Crippen LogP contribution in [0.25, 0.3) is 0 Å². The van der Waals surface area contributed by atoms with Gasteiger partial charge in [-0.05, 0) is 32.1 Å². The van der Waals surface area contributed by atoms with Gasteiger partial charge in [0.1, 0.15) is 6.61 Å². The molecule has 0 amide bonds. The van der Waals surface area contributed by atoms with Gasteiger partial charge in [0.05, 0.1) is 6.10 Å². The maximum absolute atomic E-state index is 5.82. The summed E-state index contributed by atoms with van der Waals surface area (Å²) in [6, 6.07) is 0.303. The van der Waals surface area contributed by atoms with E-state index in [1.54, 1.807) is 0 Å². The highest BCUT2D eigenvalue weighted by Crippen LogP contribution is 2.38. The Morgan fingerprint density at radius 3 is 2.88 bits per heavy atom. The predicted molar refractivity (Wildman–Crippen MR) is 56.7 cm³/mol. The van der Waals surface area contributed by atoms with Gasteiger partial charge in [-0.2, -0.15) is 4.98 Å². The Bertz CT molecular complexity index is 362. The van der Waals surface area contributed by atoms with Crippen LogP contribution in [0.5, 0.6) is 0 Å². The second-order valence-electron chi connectivity index (χ2n) is 4.83. The van der Waals surface area contributed by atoms with Gasteiger partial charge in [0, 0.05) is 12.0 Å². The monoisotopic (exact) mass is 223 g/mol. The molecule has 0 bridgehead atoms. The zero-order chi connectivity index (χ0) is 11.0. The van der Waals surface area contributed by atoms with Crippen LogP contribution in [0.2, 0.25) is 0 Å². The summed E-state index contributed by atoms with van der Waals surface area (Å²) < 4.78 is 10.9. The molecule has 5 heteroatoms. The van der Waals surface area contributed by atoms with Crippen molar-refractivity contribution >= 4 is 0 Å². The summed E-state index contributed by atoms with van der Waals surface area (Å²) in [6.07, 6.45) is 5.70. The lowest BCUT2D eigenvalue weighted by Gasteiger charge is -2.08. The minimum absolute atomic E-state index is 0.276. The van der Waals surface area contributed by atoms with E-state index < -0.39 is 0 Å². The van der Waals surface area contributed by atoms with Crippen LogP contribution in [0.1, 0.15) is 49.7 Å². The minimum Gasteiger partial charge on any atom is -0.370 e. The van der Waals surface area contributed by atoms with Crippen molar-refractivity contribution in [3.8, 4) is 0 Å². The molecule has 2 unspecified atom stereocenters. The fourth-order valence-corrected chi connectivity index (χ4v) is 2.14. The molecule has 1 aromatic heterocycles. The quantitative estimate of drug-likeness (QED) is 0.833. The van der Waals surface area contributed by atoms with Crippen molar-refractivity contribution in [3.63, 3.8) is 0 Å². The lowest BCUT2D eigenvalue weighted by molar-refractivity contribution is 0.0399. The first-order chi connectivity index (χ1) is 7.81. The van der Waals surface area contributed by atoms with Crippen LogP contribution < -0.4 is 5.73 Å². The van der Waals surface area contributed by atoms with Gasteiger partial charge in [-0.25, -0.2) is 0 Å². The van der Waals surface area contributed by atoms with Gasteiger partial charge in [-0.15, -0.1) is 0 Å². The summed E-state index contributed by atoms with van der Waals surface area (Å²) in [5.74, 6) is 1.96. The summed E-state index contributed by atoms with van der Waals surface area (Å²) in [5.41, 5.74) is 5.82. The zero-order valence-electron chi connectivity index (χ0n) is 9.26. The summed E-state index contributed by atoms with van der Waals surface area (Å²) in [6.45, 7) is 0.452. The predicted octanol–water partition coefficient (Wildman–Crippen LogP) is 1.34. The van der Waals surface area contributed by atoms with Crippen molar-refractivity contribution in [2.75, 3.05) is 0 Å². The van der Waals surface area contributed by atoms with Gasteiger partial charge < -0.3 is 15.0 Å². The molecule has 1 aromatic rings. The van der Waals surface area contributed by atoms with Gasteiger partial charge in [0.25, 0.3) is 0 Å². The Kier molecular flexibility index (Phi) is 2.65. The maximum atomic E-state index is 5.82. The van der Waals surface area contributed by atoms with E-state index in [2.05, 4.69) is 10.1 Å². The molecule has 0 aliphatic heterocycles. The molecule has 88 valence electrons. The average molecular weight is 223 g/mol. The molecule has 0 aromatic carbocycles. The van der Waals surface area contributed by atoms with Crippen molar-refractivity contribution in [1.29, 1.82) is 0 Å². The normalized spacial score (nSPS) is 29.8. The van der Waals surface area contributed by atoms with Gasteiger partial charge in [0.15, 0.2) is 5.82 Å². The number of nitrogens with two attached hydrogens (primary N) is 1. The fourth-order valence-electron chi connectivity index (χ4n) is 2.14. The van der Waals surface area contributed by atoms with E-state index in [9.17, 15) is 0 Å². The van der Waals surface area contributed by atoms with Gasteiger partial charge in [-0.3, -0.25) is 0 Å². The first-order valence-corrected chi connectivity index (χ1v) is 6.01. The molecule has 1 heterocycles. The zero-order valence-corrected chi connectivity index (χ0v) is 9.26. The highest BCUT2D eigenvalue weighted by molar-refractivity contribution is 5.01. The largest absolute Gasteiger partial charge is 0.370 e. The lowest BCUT2D eigenvalue weighted by Crippen LogP contribution is -2.17. The molecular weight excluding hydrogens is 206 g/mol. The van der Waals surface area contributed by atoms with Gasteiger partial charge >= 0.3 is 0 Å². The van der Waals surface area contributed by atoms with Crippen molar-refractivity contribution in [1.82, 2.24) is 10.1 Å². The third kappa shape index (κ3) is 2.25. The van der Waals surface area contributed by atoms with Crippen LogP contribution in [0, 0.1) is 0 Å². The van der Waals surface area contributed by atoms with Crippen LogP contribution >= 0.6 is 0 Å². The molecule has 2 fully saturated rings. The van der Waals surface area contributed by atoms with Crippen LogP contribution in [0.3, 0.4) is 0 Å². The molecule has 5 nitrogen and oxygen atoms in total. The molecule has 0 saturated heterocycles. The van der Waals surface area contributed by atoms with E-state index in [4.69, 9.17) is 15.0 Å². The summed E-state index contributed by atoms with van der Waals surface area (Å²) in [5, 5.41) is 3.92. The highest BCUT2D eigenvalue weighted by atomic mass is 16.5.